The largest absolute Gasteiger partial charge is 0.496 e. The van der Waals surface area contributed by atoms with Crippen LogP contribution in [0.25, 0.3) is 5.69 Å². The van der Waals surface area contributed by atoms with E-state index in [2.05, 4.69) is 5.10 Å². The molecule has 0 saturated carbocycles. The molecule has 0 aliphatic heterocycles. The highest BCUT2D eigenvalue weighted by Gasteiger charge is 2.24. The van der Waals surface area contributed by atoms with E-state index in [1.54, 1.807) is 37.1 Å². The lowest BCUT2D eigenvalue weighted by molar-refractivity contribution is 0.0721. The van der Waals surface area contributed by atoms with Gasteiger partial charge in [0, 0.05) is 22.2 Å². The van der Waals surface area contributed by atoms with E-state index in [-0.39, 0.29) is 17.9 Å². The van der Waals surface area contributed by atoms with Crippen molar-refractivity contribution in [2.24, 2.45) is 0 Å². The third-order valence-corrected chi connectivity index (χ3v) is 6.02. The number of aromatic nitrogens is 2. The number of nitrogens with zero attached hydrogens (tertiary/aromatic N) is 3. The van der Waals surface area contributed by atoms with E-state index in [1.165, 1.54) is 28.2 Å². The van der Waals surface area contributed by atoms with Gasteiger partial charge in [0.15, 0.2) is 5.69 Å². The number of ether oxygens (including phenoxy) is 1. The summed E-state index contributed by atoms with van der Waals surface area (Å²) in [5.74, 6) is -0.397. The number of benzene rings is 2. The van der Waals surface area contributed by atoms with Gasteiger partial charge in [0.1, 0.15) is 17.3 Å². The number of carbonyl (C=O) groups is 1. The number of carbonyl (C=O) groups excluding carboxylic acids is 1. The van der Waals surface area contributed by atoms with Crippen LogP contribution >= 0.6 is 11.3 Å². The van der Waals surface area contributed by atoms with Crippen LogP contribution in [0.4, 0.5) is 4.39 Å². The fraction of sp³-hybridized carbons (Fsp3) is 0.160. The number of rotatable bonds is 7. The van der Waals surface area contributed by atoms with Crippen molar-refractivity contribution in [2.75, 3.05) is 7.11 Å². The molecule has 0 aliphatic rings. The molecule has 33 heavy (non-hydrogen) atoms. The molecule has 2 aromatic carbocycles. The highest BCUT2D eigenvalue weighted by Crippen LogP contribution is 2.22. The molecule has 0 fully saturated rings. The summed E-state index contributed by atoms with van der Waals surface area (Å²) in [5, 5.41) is 6.21. The van der Waals surface area contributed by atoms with Crippen LogP contribution < -0.4 is 10.2 Å². The first-order valence-corrected chi connectivity index (χ1v) is 11.2. The van der Waals surface area contributed by atoms with Gasteiger partial charge in [0.25, 0.3) is 5.91 Å². The third-order valence-electron chi connectivity index (χ3n) is 5.16. The number of para-hydroxylation sites is 2. The lowest BCUT2D eigenvalue weighted by Crippen LogP contribution is -2.35. The number of halogens is 1. The molecular weight excluding hydrogens is 441 g/mol. The molecule has 0 bridgehead atoms. The average Bonchev–Trinajstić information content (AvgIpc) is 3.32. The Hall–Kier alpha value is -3.78. The maximum atomic E-state index is 14.4. The molecule has 1 amide bonds. The molecule has 0 N–H and O–H groups in total. The first-order valence-electron chi connectivity index (χ1n) is 10.3. The number of hydrogen-bond acceptors (Lipinski definition) is 5. The lowest BCUT2D eigenvalue weighted by atomic mass is 10.1. The summed E-state index contributed by atoms with van der Waals surface area (Å²) >= 11 is 1.51. The highest BCUT2D eigenvalue weighted by atomic mass is 32.1. The van der Waals surface area contributed by atoms with Crippen molar-refractivity contribution in [2.45, 2.75) is 20.0 Å². The van der Waals surface area contributed by atoms with Crippen LogP contribution in [-0.4, -0.2) is 27.7 Å². The van der Waals surface area contributed by atoms with Crippen LogP contribution in [0, 0.1) is 12.7 Å². The quantitative estimate of drug-likeness (QED) is 0.402. The summed E-state index contributed by atoms with van der Waals surface area (Å²) in [4.78, 5) is 28.9. The summed E-state index contributed by atoms with van der Waals surface area (Å²) in [6.07, 6.45) is 0. The number of methoxy groups -OCH3 is 1. The molecule has 0 saturated heterocycles. The second-order valence-electron chi connectivity index (χ2n) is 7.41. The molecule has 168 valence electrons. The Labute approximate surface area is 194 Å². The highest BCUT2D eigenvalue weighted by molar-refractivity contribution is 7.09. The van der Waals surface area contributed by atoms with E-state index in [0.29, 0.717) is 18.0 Å². The van der Waals surface area contributed by atoms with Crippen molar-refractivity contribution in [1.82, 2.24) is 14.7 Å². The second-order valence-corrected chi connectivity index (χ2v) is 8.45. The second kappa shape index (κ2) is 9.79. The topological polar surface area (TPSA) is 64.4 Å². The molecule has 0 spiro atoms. The zero-order valence-electron chi connectivity index (χ0n) is 18.2. The average molecular weight is 464 g/mol. The predicted molar refractivity (Wildman–Crippen MR) is 125 cm³/mol. The molecule has 4 rings (SSSR count). The van der Waals surface area contributed by atoms with Crippen LogP contribution in [0.15, 0.2) is 76.9 Å². The smallest absolute Gasteiger partial charge is 0.279 e. The van der Waals surface area contributed by atoms with Crippen molar-refractivity contribution in [3.63, 3.8) is 0 Å². The number of thiophene rings is 1. The molecular formula is C25H22FN3O3S. The van der Waals surface area contributed by atoms with E-state index >= 15 is 0 Å². The molecule has 0 aliphatic carbocycles. The maximum Gasteiger partial charge on any atom is 0.279 e. The van der Waals surface area contributed by atoms with Crippen LogP contribution in [0.2, 0.25) is 0 Å². The minimum absolute atomic E-state index is 0.165. The molecule has 4 aromatic rings. The van der Waals surface area contributed by atoms with E-state index in [9.17, 15) is 14.0 Å². The van der Waals surface area contributed by atoms with Crippen molar-refractivity contribution < 1.29 is 13.9 Å². The Balaban J connectivity index is 1.76. The Bertz CT molecular complexity index is 1330. The molecule has 6 nitrogen and oxygen atoms in total. The molecule has 2 heterocycles. The summed E-state index contributed by atoms with van der Waals surface area (Å²) in [6, 6.07) is 18.6. The Kier molecular flexibility index (Phi) is 6.65. The van der Waals surface area contributed by atoms with Gasteiger partial charge in [0.2, 0.25) is 5.43 Å². The molecule has 0 radical (unpaired) electrons. The summed E-state index contributed by atoms with van der Waals surface area (Å²) in [7, 11) is 1.57. The van der Waals surface area contributed by atoms with E-state index in [1.807, 2.05) is 41.8 Å². The zero-order valence-corrected chi connectivity index (χ0v) is 19.0. The van der Waals surface area contributed by atoms with Crippen LogP contribution in [0.1, 0.15) is 26.6 Å². The van der Waals surface area contributed by atoms with Gasteiger partial charge in [-0.15, -0.1) is 11.3 Å². The van der Waals surface area contributed by atoms with E-state index in [0.717, 1.165) is 10.4 Å². The van der Waals surface area contributed by atoms with Gasteiger partial charge in [0.05, 0.1) is 20.2 Å². The van der Waals surface area contributed by atoms with Crippen LogP contribution in [0.3, 0.4) is 0 Å². The molecule has 0 unspecified atom stereocenters. The number of aryl methyl sites for hydroxylation is 1. The minimum Gasteiger partial charge on any atom is -0.496 e. The van der Waals surface area contributed by atoms with E-state index < -0.39 is 17.2 Å². The normalized spacial score (nSPS) is 10.8. The maximum absolute atomic E-state index is 14.4. The van der Waals surface area contributed by atoms with Crippen molar-refractivity contribution >= 4 is 17.2 Å². The van der Waals surface area contributed by atoms with Gasteiger partial charge < -0.3 is 9.64 Å². The standard InChI is InChI=1S/C25H22FN3O3S/c1-17-14-22(30)24(27-29(17)21-11-5-4-10-20(21)26)25(31)28(16-19-9-7-13-33-19)15-18-8-3-6-12-23(18)32-2/h3-14H,15-16H2,1-2H3. The molecule has 8 heteroatoms. The first-order chi connectivity index (χ1) is 16.0. The predicted octanol–water partition coefficient (Wildman–Crippen LogP) is 4.59. The first kappa shape index (κ1) is 22.4. The fourth-order valence-corrected chi connectivity index (χ4v) is 4.26. The monoisotopic (exact) mass is 463 g/mol. The SMILES string of the molecule is COc1ccccc1CN(Cc1cccs1)C(=O)c1nn(-c2ccccc2F)c(C)cc1=O. The third kappa shape index (κ3) is 4.85. The Morgan fingerprint density at radius 1 is 1.09 bits per heavy atom. The zero-order chi connectivity index (χ0) is 23.4. The van der Waals surface area contributed by atoms with Gasteiger partial charge in [-0.2, -0.15) is 5.10 Å². The summed E-state index contributed by atoms with van der Waals surface area (Å²) in [5.41, 5.74) is 0.609. The van der Waals surface area contributed by atoms with Gasteiger partial charge in [-0.05, 0) is 36.6 Å². The van der Waals surface area contributed by atoms with Crippen LogP contribution in [0.5, 0.6) is 5.75 Å². The van der Waals surface area contributed by atoms with Crippen molar-refractivity contribution in [1.29, 1.82) is 0 Å². The molecule has 0 atom stereocenters. The van der Waals surface area contributed by atoms with Gasteiger partial charge in [-0.3, -0.25) is 9.59 Å². The Morgan fingerprint density at radius 3 is 2.58 bits per heavy atom. The lowest BCUT2D eigenvalue weighted by Gasteiger charge is -2.23. The number of hydrogen-bond donors (Lipinski definition) is 0. The van der Waals surface area contributed by atoms with Crippen LogP contribution in [-0.2, 0) is 13.1 Å². The molecule has 2 aromatic heterocycles. The Morgan fingerprint density at radius 2 is 1.85 bits per heavy atom. The van der Waals surface area contributed by atoms with Gasteiger partial charge in [-0.25, -0.2) is 9.07 Å². The van der Waals surface area contributed by atoms with Gasteiger partial charge >= 0.3 is 0 Å². The summed E-state index contributed by atoms with van der Waals surface area (Å²) < 4.78 is 21.1. The minimum atomic E-state index is -0.538. The van der Waals surface area contributed by atoms with E-state index in [4.69, 9.17) is 4.74 Å². The fourth-order valence-electron chi connectivity index (χ4n) is 3.54. The van der Waals surface area contributed by atoms with Gasteiger partial charge in [-0.1, -0.05) is 36.4 Å². The van der Waals surface area contributed by atoms with Crippen molar-refractivity contribution in [3.05, 3.63) is 110 Å². The van der Waals surface area contributed by atoms with Crippen molar-refractivity contribution in [3.8, 4) is 11.4 Å². The summed E-state index contributed by atoms with van der Waals surface area (Å²) in [6.45, 7) is 2.16. The number of amides is 1.